The van der Waals surface area contributed by atoms with Crippen LogP contribution in [-0.4, -0.2) is 25.8 Å². The molecule has 0 spiro atoms. The van der Waals surface area contributed by atoms with E-state index in [-0.39, 0.29) is 0 Å². The van der Waals surface area contributed by atoms with Gasteiger partial charge in [-0.05, 0) is 62.1 Å². The third-order valence-electron chi connectivity index (χ3n) is 4.26. The van der Waals surface area contributed by atoms with Crippen molar-refractivity contribution in [2.75, 3.05) is 0 Å². The molecule has 27 heavy (non-hydrogen) atoms. The predicted octanol–water partition coefficient (Wildman–Crippen LogP) is 4.80. The van der Waals surface area contributed by atoms with Crippen molar-refractivity contribution < 1.29 is 9.94 Å². The van der Waals surface area contributed by atoms with Gasteiger partial charge in [0.2, 0.25) is 11.7 Å². The number of hydrogen-bond acceptors (Lipinski definition) is 5. The summed E-state index contributed by atoms with van der Waals surface area (Å²) in [5.41, 5.74) is 4.74. The number of oxime groups is 1. The fraction of sp³-hybridized carbons (Fsp3) is 0.286. The first-order valence-electron chi connectivity index (χ1n) is 8.89. The zero-order valence-electron chi connectivity index (χ0n) is 16.3. The van der Waals surface area contributed by atoms with Gasteiger partial charge in [0, 0.05) is 23.5 Å². The Balaban J connectivity index is 1.84. The highest BCUT2D eigenvalue weighted by atomic mass is 16.5. The minimum Gasteiger partial charge on any atom is -0.439 e. The molecular formula is C21H24N4O2. The van der Waals surface area contributed by atoms with Gasteiger partial charge < -0.3 is 9.94 Å². The molecule has 0 aliphatic rings. The minimum absolute atomic E-state index is 0.317. The Morgan fingerprint density at radius 3 is 2.44 bits per heavy atom. The molecule has 0 unspecified atom stereocenters. The summed E-state index contributed by atoms with van der Waals surface area (Å²) in [6, 6.07) is 11.6. The van der Waals surface area contributed by atoms with Gasteiger partial charge in [-0.2, -0.15) is 5.10 Å². The van der Waals surface area contributed by atoms with Crippen molar-refractivity contribution >= 4 is 5.84 Å². The van der Waals surface area contributed by atoms with E-state index in [1.807, 2.05) is 39.0 Å². The van der Waals surface area contributed by atoms with Gasteiger partial charge in [0.05, 0.1) is 5.69 Å². The summed E-state index contributed by atoms with van der Waals surface area (Å²) in [6.07, 6.45) is 1.61. The van der Waals surface area contributed by atoms with Crippen LogP contribution in [0, 0.1) is 20.8 Å². The van der Waals surface area contributed by atoms with Crippen LogP contribution in [0.25, 0.3) is 0 Å². The second kappa shape index (κ2) is 7.61. The van der Waals surface area contributed by atoms with Gasteiger partial charge in [0.1, 0.15) is 5.75 Å². The van der Waals surface area contributed by atoms with Crippen molar-refractivity contribution in [3.8, 4) is 11.6 Å². The lowest BCUT2D eigenvalue weighted by Crippen LogP contribution is -2.17. The molecule has 6 heteroatoms. The molecule has 0 bridgehead atoms. The van der Waals surface area contributed by atoms with Crippen LogP contribution in [-0.2, 0) is 0 Å². The number of aromatic nitrogens is 3. The van der Waals surface area contributed by atoms with Crippen molar-refractivity contribution in [3.05, 3.63) is 70.7 Å². The largest absolute Gasteiger partial charge is 0.439 e. The van der Waals surface area contributed by atoms with Crippen molar-refractivity contribution in [1.82, 2.24) is 14.8 Å². The Hall–Kier alpha value is -3.15. The lowest BCUT2D eigenvalue weighted by molar-refractivity contribution is 0.316. The quantitative estimate of drug-likeness (QED) is 0.312. The summed E-state index contributed by atoms with van der Waals surface area (Å²) in [4.78, 5) is 4.35. The van der Waals surface area contributed by atoms with Gasteiger partial charge in [-0.1, -0.05) is 25.1 Å². The molecule has 3 aromatic rings. The van der Waals surface area contributed by atoms with Gasteiger partial charge in [0.25, 0.3) is 0 Å². The summed E-state index contributed by atoms with van der Waals surface area (Å²) < 4.78 is 7.50. The van der Waals surface area contributed by atoms with E-state index in [1.54, 1.807) is 23.0 Å². The fourth-order valence-electron chi connectivity index (χ4n) is 2.93. The number of hydrogen-bond donors (Lipinski definition) is 1. The average molecular weight is 364 g/mol. The first-order chi connectivity index (χ1) is 12.9. The number of benzene rings is 1. The molecule has 1 aromatic carbocycles. The van der Waals surface area contributed by atoms with Gasteiger partial charge in [-0.25, -0.2) is 9.67 Å². The Morgan fingerprint density at radius 2 is 1.89 bits per heavy atom. The van der Waals surface area contributed by atoms with Crippen LogP contribution in [0.2, 0.25) is 0 Å². The number of aryl methyl sites for hydroxylation is 3. The van der Waals surface area contributed by atoms with Crippen molar-refractivity contribution in [2.45, 2.75) is 40.5 Å². The summed E-state index contributed by atoms with van der Waals surface area (Å²) in [7, 11) is 0. The molecule has 2 heterocycles. The van der Waals surface area contributed by atoms with E-state index >= 15 is 0 Å². The molecule has 140 valence electrons. The van der Waals surface area contributed by atoms with Gasteiger partial charge in [-0.15, -0.1) is 0 Å². The summed E-state index contributed by atoms with van der Waals surface area (Å²) >= 11 is 0. The van der Waals surface area contributed by atoms with Gasteiger partial charge >= 0.3 is 0 Å². The summed E-state index contributed by atoms with van der Waals surface area (Å²) in [6.45, 7) is 10.1. The molecule has 1 N–H and O–H groups in total. The molecular weight excluding hydrogens is 340 g/mol. The highest BCUT2D eigenvalue weighted by molar-refractivity contribution is 5.99. The average Bonchev–Trinajstić information content (AvgIpc) is 2.95. The topological polar surface area (TPSA) is 72.5 Å². The van der Waals surface area contributed by atoms with E-state index in [2.05, 4.69) is 35.2 Å². The Bertz CT molecular complexity index is 972. The van der Waals surface area contributed by atoms with Crippen LogP contribution >= 0.6 is 0 Å². The summed E-state index contributed by atoms with van der Waals surface area (Å²) in [5, 5.41) is 17.2. The number of pyridine rings is 1. The molecule has 0 amide bonds. The second-order valence-corrected chi connectivity index (χ2v) is 6.98. The molecule has 0 atom stereocenters. The van der Waals surface area contributed by atoms with Crippen LogP contribution in [0.5, 0.6) is 11.6 Å². The molecule has 3 rings (SSSR count). The van der Waals surface area contributed by atoms with Crippen LogP contribution in [0.1, 0.15) is 47.8 Å². The lowest BCUT2D eigenvalue weighted by atomic mass is 10.0. The molecule has 6 nitrogen and oxygen atoms in total. The smallest absolute Gasteiger partial charge is 0.219 e. The highest BCUT2D eigenvalue weighted by Crippen LogP contribution is 2.26. The number of rotatable bonds is 4. The van der Waals surface area contributed by atoms with E-state index in [4.69, 9.17) is 4.74 Å². The maximum absolute atomic E-state index is 9.45. The summed E-state index contributed by atoms with van der Waals surface area (Å²) in [5.74, 6) is 1.97. The molecule has 2 aromatic heterocycles. The molecule has 0 saturated carbocycles. The SMILES string of the molecule is Cc1cc(Oc2ccc(/C(=N/O)n3nc(C)cc3C)cn2)cc(C(C)C)c1. The zero-order valence-corrected chi connectivity index (χ0v) is 16.3. The van der Waals surface area contributed by atoms with E-state index < -0.39 is 0 Å². The Morgan fingerprint density at radius 1 is 1.11 bits per heavy atom. The van der Waals surface area contributed by atoms with Crippen LogP contribution < -0.4 is 4.74 Å². The number of nitrogens with zero attached hydrogens (tertiary/aromatic N) is 4. The van der Waals surface area contributed by atoms with Crippen LogP contribution in [0.4, 0.5) is 0 Å². The Labute approximate surface area is 159 Å². The van der Waals surface area contributed by atoms with Crippen molar-refractivity contribution in [2.24, 2.45) is 5.16 Å². The highest BCUT2D eigenvalue weighted by Gasteiger charge is 2.13. The van der Waals surface area contributed by atoms with Gasteiger partial charge in [-0.3, -0.25) is 0 Å². The van der Waals surface area contributed by atoms with Gasteiger partial charge in [0.15, 0.2) is 0 Å². The fourth-order valence-corrected chi connectivity index (χ4v) is 2.93. The Kier molecular flexibility index (Phi) is 5.26. The van der Waals surface area contributed by atoms with Crippen molar-refractivity contribution in [3.63, 3.8) is 0 Å². The first-order valence-corrected chi connectivity index (χ1v) is 8.89. The third-order valence-corrected chi connectivity index (χ3v) is 4.26. The molecule has 0 radical (unpaired) electrons. The molecule has 0 aliphatic carbocycles. The predicted molar refractivity (Wildman–Crippen MR) is 105 cm³/mol. The number of ether oxygens (including phenoxy) is 1. The van der Waals surface area contributed by atoms with Crippen molar-refractivity contribution in [1.29, 1.82) is 0 Å². The zero-order chi connectivity index (χ0) is 19.6. The van der Waals surface area contributed by atoms with Crippen LogP contribution in [0.15, 0.2) is 47.8 Å². The maximum Gasteiger partial charge on any atom is 0.219 e. The standard InChI is InChI=1S/C21H24N4O2/c1-13(2)18-8-14(3)9-19(11-18)27-20-7-6-17(12-22-20)21(24-26)25-16(5)10-15(4)23-25/h6-13,26H,1-5H3/b24-21-. The first kappa shape index (κ1) is 18.6. The minimum atomic E-state index is 0.317. The lowest BCUT2D eigenvalue weighted by Gasteiger charge is -2.11. The van der Waals surface area contributed by atoms with E-state index in [9.17, 15) is 5.21 Å². The van der Waals surface area contributed by atoms with E-state index in [0.717, 1.165) is 22.7 Å². The van der Waals surface area contributed by atoms with E-state index in [0.29, 0.717) is 23.2 Å². The second-order valence-electron chi connectivity index (χ2n) is 6.98. The molecule has 0 saturated heterocycles. The molecule has 0 aliphatic heterocycles. The van der Waals surface area contributed by atoms with Crippen LogP contribution in [0.3, 0.4) is 0 Å². The monoisotopic (exact) mass is 364 g/mol. The maximum atomic E-state index is 9.45. The van der Waals surface area contributed by atoms with E-state index in [1.165, 1.54) is 5.56 Å². The third kappa shape index (κ3) is 4.16. The normalized spacial score (nSPS) is 11.9. The molecule has 0 fully saturated rings.